The highest BCUT2D eigenvalue weighted by molar-refractivity contribution is 7.84. The lowest BCUT2D eigenvalue weighted by Crippen LogP contribution is -2.39. The second-order valence-corrected chi connectivity index (χ2v) is 18.8. The summed E-state index contributed by atoms with van der Waals surface area (Å²) in [5, 5.41) is 1.60. The quantitative estimate of drug-likeness (QED) is 0.313. The Hall–Kier alpha value is -1.02. The zero-order valence-corrected chi connectivity index (χ0v) is 26.8. The van der Waals surface area contributed by atoms with Gasteiger partial charge in [-0.05, 0) is 85.2 Å². The molecule has 2 aromatic rings. The molecule has 2 nitrogen and oxygen atoms in total. The fraction of sp³-hybridized carbons (Fsp3) is 0.647. The van der Waals surface area contributed by atoms with Gasteiger partial charge in [0, 0.05) is 7.05 Å². The van der Waals surface area contributed by atoms with Crippen molar-refractivity contribution in [1.29, 1.82) is 0 Å². The van der Waals surface area contributed by atoms with Gasteiger partial charge in [-0.1, -0.05) is 116 Å². The summed E-state index contributed by atoms with van der Waals surface area (Å²) in [5.74, 6) is 0. The van der Waals surface area contributed by atoms with Crippen LogP contribution in [-0.4, -0.2) is 31.6 Å². The van der Waals surface area contributed by atoms with Gasteiger partial charge in [0.1, 0.15) is 11.0 Å². The van der Waals surface area contributed by atoms with E-state index in [1.807, 2.05) is 0 Å². The Balaban J connectivity index is 1.84. The molecule has 2 aliphatic carbocycles. The molecule has 2 atom stereocenters. The third kappa shape index (κ3) is 7.00. The summed E-state index contributed by atoms with van der Waals surface area (Å²) in [6.45, 7) is 13.1. The molecule has 210 valence electrons. The van der Waals surface area contributed by atoms with Crippen LogP contribution in [0.4, 0.5) is 0 Å². The van der Waals surface area contributed by atoms with Crippen LogP contribution in [0.1, 0.15) is 128 Å². The predicted molar refractivity (Wildman–Crippen MR) is 169 cm³/mol. The van der Waals surface area contributed by atoms with E-state index in [-0.39, 0.29) is 24.1 Å². The molecular weight excluding hydrogens is 501 g/mol. The Morgan fingerprint density at radius 3 is 1.74 bits per heavy atom. The van der Waals surface area contributed by atoms with Crippen molar-refractivity contribution in [2.75, 3.05) is 7.05 Å². The summed E-state index contributed by atoms with van der Waals surface area (Å²) in [7, 11) is 0.703. The molecule has 2 fully saturated rings. The van der Waals surface area contributed by atoms with Crippen LogP contribution in [0.25, 0.3) is 0 Å². The Bertz CT molecular complexity index is 1040. The minimum Gasteiger partial charge on any atom is -0.242 e. The largest absolute Gasteiger partial charge is 0.242 e. The molecule has 0 radical (unpaired) electrons. The van der Waals surface area contributed by atoms with E-state index in [1.165, 1.54) is 80.9 Å². The van der Waals surface area contributed by atoms with Crippen molar-refractivity contribution >= 4 is 24.2 Å². The van der Waals surface area contributed by atoms with Gasteiger partial charge in [-0.15, -0.1) is 0 Å². The molecule has 4 rings (SSSR count). The van der Waals surface area contributed by atoms with E-state index >= 15 is 0 Å². The standard InChI is InChI=1S/C34H52NOPS/c1-33(2,3)27-24-22-26(23-25-27)32(35(7)38(36)34(4,5)6)30-20-14-15-21-31(30)37(28-16-10-8-11-17-28)29-18-12-9-13-19-29/h14-15,20-25,28-29,32H,8-13,16-19H2,1-7H3/t32-,38+/m0/s1. The number of benzene rings is 2. The normalized spacial score (nSPS) is 20.1. The van der Waals surface area contributed by atoms with Crippen LogP contribution in [0.3, 0.4) is 0 Å². The summed E-state index contributed by atoms with van der Waals surface area (Å²) < 4.78 is 15.8. The zero-order chi connectivity index (χ0) is 27.5. The molecule has 0 aliphatic heterocycles. The van der Waals surface area contributed by atoms with Crippen LogP contribution >= 0.6 is 7.92 Å². The first-order valence-corrected chi connectivity index (χ1v) is 17.7. The van der Waals surface area contributed by atoms with E-state index in [9.17, 15) is 4.21 Å². The van der Waals surface area contributed by atoms with Gasteiger partial charge in [0.2, 0.25) is 0 Å². The molecule has 0 aromatic heterocycles. The second kappa shape index (κ2) is 12.7. The van der Waals surface area contributed by atoms with Gasteiger partial charge in [0.15, 0.2) is 0 Å². The second-order valence-electron chi connectivity index (χ2n) is 13.7. The fourth-order valence-corrected chi connectivity index (χ4v) is 11.9. The van der Waals surface area contributed by atoms with Crippen molar-refractivity contribution in [3.8, 4) is 0 Å². The van der Waals surface area contributed by atoms with Gasteiger partial charge in [-0.2, -0.15) is 0 Å². The van der Waals surface area contributed by atoms with E-state index in [0.29, 0.717) is 0 Å². The lowest BCUT2D eigenvalue weighted by atomic mass is 9.86. The summed E-state index contributed by atoms with van der Waals surface area (Å²) in [6, 6.07) is 18.5. The molecule has 0 amide bonds. The highest BCUT2D eigenvalue weighted by atomic mass is 32.2. The summed E-state index contributed by atoms with van der Waals surface area (Å²) in [4.78, 5) is 0. The van der Waals surface area contributed by atoms with Gasteiger partial charge >= 0.3 is 0 Å². The highest BCUT2D eigenvalue weighted by Crippen LogP contribution is 2.56. The van der Waals surface area contributed by atoms with Crippen LogP contribution < -0.4 is 5.30 Å². The molecule has 2 aliphatic rings. The molecule has 4 heteroatoms. The van der Waals surface area contributed by atoms with Crippen LogP contribution in [0.5, 0.6) is 0 Å². The van der Waals surface area contributed by atoms with Gasteiger partial charge in [-0.3, -0.25) is 0 Å². The SMILES string of the molecule is CN([C@@H](c1ccc(C(C)(C)C)cc1)c1ccccc1P(C1CCCCC1)C1CCCCC1)[S@](=O)C(C)(C)C. The fourth-order valence-electron chi connectivity index (χ4n) is 6.64. The van der Waals surface area contributed by atoms with Crippen molar-refractivity contribution in [1.82, 2.24) is 4.31 Å². The maximum Gasteiger partial charge on any atom is 0.100 e. The van der Waals surface area contributed by atoms with Crippen LogP contribution in [0.15, 0.2) is 48.5 Å². The number of hydrogen-bond acceptors (Lipinski definition) is 1. The van der Waals surface area contributed by atoms with Crippen LogP contribution in [-0.2, 0) is 16.4 Å². The predicted octanol–water partition coefficient (Wildman–Crippen LogP) is 9.24. The van der Waals surface area contributed by atoms with Crippen molar-refractivity contribution in [3.63, 3.8) is 0 Å². The molecule has 0 N–H and O–H groups in total. The zero-order valence-electron chi connectivity index (χ0n) is 25.1. The first-order chi connectivity index (χ1) is 18.0. The number of hydrogen-bond donors (Lipinski definition) is 0. The van der Waals surface area contributed by atoms with E-state index in [0.717, 1.165) is 11.3 Å². The third-order valence-corrected chi connectivity index (χ3v) is 14.0. The molecule has 2 saturated carbocycles. The molecule has 38 heavy (non-hydrogen) atoms. The molecule has 0 unspecified atom stereocenters. The molecule has 0 bridgehead atoms. The van der Waals surface area contributed by atoms with Crippen molar-refractivity contribution in [2.45, 2.75) is 133 Å². The van der Waals surface area contributed by atoms with Gasteiger partial charge < -0.3 is 0 Å². The van der Waals surface area contributed by atoms with Crippen LogP contribution in [0.2, 0.25) is 0 Å². The Kier molecular flexibility index (Phi) is 9.97. The highest BCUT2D eigenvalue weighted by Gasteiger charge is 2.37. The lowest BCUT2D eigenvalue weighted by molar-refractivity contribution is 0.440. The first kappa shape index (κ1) is 30.0. The maximum atomic E-state index is 13.9. The molecule has 2 aromatic carbocycles. The number of nitrogens with zero attached hydrogens (tertiary/aromatic N) is 1. The average molecular weight is 554 g/mol. The Labute approximate surface area is 237 Å². The monoisotopic (exact) mass is 553 g/mol. The summed E-state index contributed by atoms with van der Waals surface area (Å²) in [6.07, 6.45) is 14.0. The summed E-state index contributed by atoms with van der Waals surface area (Å²) in [5.41, 5.74) is 5.80. The van der Waals surface area contributed by atoms with Crippen molar-refractivity contribution in [3.05, 3.63) is 65.2 Å². The topological polar surface area (TPSA) is 20.3 Å². The molecule has 0 heterocycles. The van der Waals surface area contributed by atoms with Crippen molar-refractivity contribution < 1.29 is 4.21 Å². The van der Waals surface area contributed by atoms with Gasteiger partial charge in [-0.25, -0.2) is 8.51 Å². The number of rotatable bonds is 7. The Morgan fingerprint density at radius 1 is 0.763 bits per heavy atom. The molecule has 0 saturated heterocycles. The Morgan fingerprint density at radius 2 is 1.26 bits per heavy atom. The van der Waals surface area contributed by atoms with E-state index < -0.39 is 11.0 Å². The van der Waals surface area contributed by atoms with Gasteiger partial charge in [0.25, 0.3) is 0 Å². The molecule has 0 spiro atoms. The average Bonchev–Trinajstić information content (AvgIpc) is 2.90. The molecular formula is C34H52NOPS. The van der Waals surface area contributed by atoms with Gasteiger partial charge in [0.05, 0.1) is 10.8 Å². The van der Waals surface area contributed by atoms with E-state index in [2.05, 4.69) is 101 Å². The smallest absolute Gasteiger partial charge is 0.100 e. The van der Waals surface area contributed by atoms with E-state index in [1.54, 1.807) is 5.30 Å². The van der Waals surface area contributed by atoms with E-state index in [4.69, 9.17) is 0 Å². The maximum absolute atomic E-state index is 13.9. The minimum absolute atomic E-state index is 0.0162. The van der Waals surface area contributed by atoms with Crippen molar-refractivity contribution in [2.24, 2.45) is 0 Å². The lowest BCUT2D eigenvalue weighted by Gasteiger charge is -2.41. The van der Waals surface area contributed by atoms with Crippen LogP contribution in [0, 0.1) is 0 Å². The third-order valence-electron chi connectivity index (χ3n) is 8.69. The first-order valence-electron chi connectivity index (χ1n) is 15.1. The minimum atomic E-state index is -1.13. The summed E-state index contributed by atoms with van der Waals surface area (Å²) >= 11 is 0.